The van der Waals surface area contributed by atoms with Crippen LogP contribution in [0.5, 0.6) is 0 Å². The molecular formula is C9H8N2O4S. The van der Waals surface area contributed by atoms with Gasteiger partial charge in [-0.1, -0.05) is 11.5 Å². The van der Waals surface area contributed by atoms with Crippen molar-refractivity contribution in [3.63, 3.8) is 0 Å². The van der Waals surface area contributed by atoms with Crippen molar-refractivity contribution in [2.24, 2.45) is 0 Å². The third-order valence-corrected chi connectivity index (χ3v) is 3.26. The summed E-state index contributed by atoms with van der Waals surface area (Å²) in [6.45, 7) is 0.0841. The minimum absolute atomic E-state index is 0.0986. The molecule has 6 nitrogen and oxygen atoms in total. The van der Waals surface area contributed by atoms with E-state index in [1.807, 2.05) is 0 Å². The number of fused-ring (bicyclic) bond motifs is 1. The normalized spacial score (nSPS) is 10.8. The molecule has 0 saturated carbocycles. The maximum absolute atomic E-state index is 11.7. The molecule has 84 valence electrons. The molecule has 1 heterocycles. The zero-order valence-electron chi connectivity index (χ0n) is 8.12. The van der Waals surface area contributed by atoms with Crippen LogP contribution in [0, 0.1) is 10.1 Å². The molecule has 0 amide bonds. The third-order valence-electron chi connectivity index (χ3n) is 2.14. The second kappa shape index (κ2) is 4.03. The summed E-state index contributed by atoms with van der Waals surface area (Å²) in [6.07, 6.45) is 0. The largest absolute Gasteiger partial charge is 0.394 e. The van der Waals surface area contributed by atoms with E-state index in [2.05, 4.69) is 0 Å². The SMILES string of the molecule is O=c1c2cc([N+](=O)[O-])ccc2sn1CCO. The number of nitrogens with zero attached hydrogens (tertiary/aromatic N) is 2. The van der Waals surface area contributed by atoms with E-state index in [9.17, 15) is 14.9 Å². The lowest BCUT2D eigenvalue weighted by atomic mass is 10.2. The molecule has 7 heteroatoms. The molecule has 0 radical (unpaired) electrons. The van der Waals surface area contributed by atoms with Gasteiger partial charge in [-0.2, -0.15) is 0 Å². The Labute approximate surface area is 93.7 Å². The van der Waals surface area contributed by atoms with Gasteiger partial charge in [0.2, 0.25) is 0 Å². The van der Waals surface area contributed by atoms with E-state index >= 15 is 0 Å². The van der Waals surface area contributed by atoms with Crippen molar-refractivity contribution < 1.29 is 10.0 Å². The van der Waals surface area contributed by atoms with E-state index in [4.69, 9.17) is 5.11 Å². The Morgan fingerprint density at radius 3 is 2.88 bits per heavy atom. The van der Waals surface area contributed by atoms with Gasteiger partial charge in [-0.15, -0.1) is 0 Å². The molecule has 1 aromatic heterocycles. The lowest BCUT2D eigenvalue weighted by molar-refractivity contribution is -0.384. The first-order valence-electron chi connectivity index (χ1n) is 4.52. The number of hydrogen-bond donors (Lipinski definition) is 1. The number of aromatic nitrogens is 1. The number of nitro groups is 1. The molecule has 1 aromatic carbocycles. The van der Waals surface area contributed by atoms with Gasteiger partial charge < -0.3 is 5.11 Å². The monoisotopic (exact) mass is 240 g/mol. The highest BCUT2D eigenvalue weighted by atomic mass is 32.1. The van der Waals surface area contributed by atoms with Crippen LogP contribution >= 0.6 is 11.5 Å². The summed E-state index contributed by atoms with van der Waals surface area (Å²) in [5.41, 5.74) is -0.392. The zero-order chi connectivity index (χ0) is 11.7. The van der Waals surface area contributed by atoms with E-state index in [1.165, 1.54) is 27.6 Å². The molecule has 0 fully saturated rings. The average molecular weight is 240 g/mol. The van der Waals surface area contributed by atoms with Gasteiger partial charge in [-0.05, 0) is 6.07 Å². The number of hydrogen-bond acceptors (Lipinski definition) is 5. The lowest BCUT2D eigenvalue weighted by Crippen LogP contribution is -2.14. The predicted molar refractivity (Wildman–Crippen MR) is 59.8 cm³/mol. The quantitative estimate of drug-likeness (QED) is 0.639. The van der Waals surface area contributed by atoms with Gasteiger partial charge in [-0.3, -0.25) is 18.9 Å². The van der Waals surface area contributed by atoms with Gasteiger partial charge in [0.25, 0.3) is 11.2 Å². The zero-order valence-corrected chi connectivity index (χ0v) is 8.94. The second-order valence-electron chi connectivity index (χ2n) is 3.16. The van der Waals surface area contributed by atoms with E-state index in [0.29, 0.717) is 10.1 Å². The second-order valence-corrected chi connectivity index (χ2v) is 4.22. The highest BCUT2D eigenvalue weighted by molar-refractivity contribution is 7.13. The van der Waals surface area contributed by atoms with Crippen LogP contribution in [-0.2, 0) is 6.54 Å². The van der Waals surface area contributed by atoms with Crippen LogP contribution < -0.4 is 5.56 Å². The van der Waals surface area contributed by atoms with Crippen molar-refractivity contribution in [3.8, 4) is 0 Å². The highest BCUT2D eigenvalue weighted by Crippen LogP contribution is 2.21. The topological polar surface area (TPSA) is 85.4 Å². The molecule has 0 aliphatic carbocycles. The third kappa shape index (κ3) is 1.70. The number of aliphatic hydroxyl groups is 1. The number of aliphatic hydroxyl groups excluding tert-OH is 1. The van der Waals surface area contributed by atoms with Gasteiger partial charge in [0.15, 0.2) is 0 Å². The summed E-state index contributed by atoms with van der Waals surface area (Å²) >= 11 is 1.19. The van der Waals surface area contributed by atoms with Crippen LogP contribution in [0.15, 0.2) is 23.0 Å². The minimum Gasteiger partial charge on any atom is -0.394 e. The van der Waals surface area contributed by atoms with Crippen molar-refractivity contribution in [1.29, 1.82) is 0 Å². The molecule has 0 spiro atoms. The van der Waals surface area contributed by atoms with Crippen LogP contribution in [-0.4, -0.2) is 20.6 Å². The van der Waals surface area contributed by atoms with Crippen molar-refractivity contribution in [3.05, 3.63) is 38.7 Å². The van der Waals surface area contributed by atoms with Gasteiger partial charge >= 0.3 is 0 Å². The van der Waals surface area contributed by atoms with Gasteiger partial charge in [-0.25, -0.2) is 0 Å². The van der Waals surface area contributed by atoms with Crippen LogP contribution in [0.2, 0.25) is 0 Å². The number of rotatable bonds is 3. The highest BCUT2D eigenvalue weighted by Gasteiger charge is 2.12. The molecule has 2 aromatic rings. The standard InChI is InChI=1S/C9H8N2O4S/c12-4-3-10-9(13)7-5-6(11(14)15)1-2-8(7)16-10/h1-2,5,12H,3-4H2. The van der Waals surface area contributed by atoms with Crippen LogP contribution in [0.4, 0.5) is 5.69 Å². The lowest BCUT2D eigenvalue weighted by Gasteiger charge is -1.92. The molecule has 0 aliphatic heterocycles. The smallest absolute Gasteiger partial charge is 0.270 e. The van der Waals surface area contributed by atoms with Crippen molar-refractivity contribution in [1.82, 2.24) is 3.96 Å². The maximum atomic E-state index is 11.7. The molecular weight excluding hydrogens is 232 g/mol. The Morgan fingerprint density at radius 1 is 1.50 bits per heavy atom. The molecule has 0 saturated heterocycles. The molecule has 0 atom stereocenters. The van der Waals surface area contributed by atoms with E-state index in [0.717, 1.165) is 0 Å². The molecule has 16 heavy (non-hydrogen) atoms. The van der Waals surface area contributed by atoms with Gasteiger partial charge in [0.1, 0.15) is 0 Å². The number of benzene rings is 1. The molecule has 2 rings (SSSR count). The van der Waals surface area contributed by atoms with Crippen LogP contribution in [0.25, 0.3) is 10.1 Å². The Morgan fingerprint density at radius 2 is 2.25 bits per heavy atom. The van der Waals surface area contributed by atoms with Crippen molar-refractivity contribution >= 4 is 27.3 Å². The Kier molecular flexibility index (Phi) is 2.71. The first kappa shape index (κ1) is 10.8. The molecule has 0 unspecified atom stereocenters. The average Bonchev–Trinajstić information content (AvgIpc) is 2.56. The van der Waals surface area contributed by atoms with Crippen LogP contribution in [0.1, 0.15) is 0 Å². The maximum Gasteiger partial charge on any atom is 0.270 e. The van der Waals surface area contributed by atoms with E-state index < -0.39 is 4.92 Å². The summed E-state index contributed by atoms with van der Waals surface area (Å²) in [7, 11) is 0. The fourth-order valence-electron chi connectivity index (χ4n) is 1.41. The first-order valence-corrected chi connectivity index (χ1v) is 5.30. The van der Waals surface area contributed by atoms with E-state index in [1.54, 1.807) is 6.07 Å². The summed E-state index contributed by atoms with van der Waals surface area (Å²) in [5.74, 6) is 0. The van der Waals surface area contributed by atoms with E-state index in [-0.39, 0.29) is 24.4 Å². The summed E-state index contributed by atoms with van der Waals surface area (Å²) < 4.78 is 2.07. The summed E-state index contributed by atoms with van der Waals surface area (Å²) in [6, 6.07) is 4.18. The van der Waals surface area contributed by atoms with Gasteiger partial charge in [0, 0.05) is 12.1 Å². The van der Waals surface area contributed by atoms with Gasteiger partial charge in [0.05, 0.1) is 28.2 Å². The first-order chi connectivity index (χ1) is 7.63. The fraction of sp³-hybridized carbons (Fsp3) is 0.222. The minimum atomic E-state index is -0.535. The van der Waals surface area contributed by atoms with Crippen molar-refractivity contribution in [2.45, 2.75) is 6.54 Å². The Bertz CT molecular complexity index is 601. The fourth-order valence-corrected chi connectivity index (χ4v) is 2.38. The number of non-ortho nitro benzene ring substituents is 1. The Hall–Kier alpha value is -1.73. The molecule has 1 N–H and O–H groups in total. The summed E-state index contributed by atoms with van der Waals surface area (Å²) in [4.78, 5) is 21.7. The molecule has 0 aliphatic rings. The Balaban J connectivity index is 2.64. The molecule has 0 bridgehead atoms. The van der Waals surface area contributed by atoms with Crippen LogP contribution in [0.3, 0.4) is 0 Å². The number of nitro benzene ring substituents is 1. The summed E-state index contributed by atoms with van der Waals surface area (Å²) in [5, 5.41) is 19.6. The van der Waals surface area contributed by atoms with Crippen molar-refractivity contribution in [2.75, 3.05) is 6.61 Å². The predicted octanol–water partition coefficient (Wildman–Crippen LogP) is 0.963.